The monoisotopic (exact) mass is 279 g/mol. The minimum Gasteiger partial charge on any atom is -0.375 e. The molecule has 1 unspecified atom stereocenters. The first-order valence-electron chi connectivity index (χ1n) is 8.54. The quantitative estimate of drug-likeness (QED) is 0.859. The molecule has 0 aromatic rings. The van der Waals surface area contributed by atoms with Crippen molar-refractivity contribution in [2.45, 2.75) is 76.2 Å². The Hall–Kier alpha value is -0.410. The molecule has 3 heteroatoms. The summed E-state index contributed by atoms with van der Waals surface area (Å²) in [5.41, 5.74) is 6.12. The van der Waals surface area contributed by atoms with E-state index in [0.29, 0.717) is 12.3 Å². The van der Waals surface area contributed by atoms with Crippen molar-refractivity contribution in [3.63, 3.8) is 0 Å². The van der Waals surface area contributed by atoms with Crippen LogP contribution in [0.1, 0.15) is 70.6 Å². The van der Waals surface area contributed by atoms with E-state index in [-0.39, 0.29) is 16.9 Å². The molecule has 1 saturated heterocycles. The molecule has 0 radical (unpaired) electrons. The van der Waals surface area contributed by atoms with Crippen molar-refractivity contribution in [1.82, 2.24) is 0 Å². The van der Waals surface area contributed by atoms with E-state index >= 15 is 0 Å². The van der Waals surface area contributed by atoms with Crippen molar-refractivity contribution in [2.24, 2.45) is 17.1 Å². The fourth-order valence-corrected chi connectivity index (χ4v) is 4.49. The van der Waals surface area contributed by atoms with Crippen LogP contribution >= 0.6 is 0 Å². The molecule has 3 fully saturated rings. The fraction of sp³-hybridized carbons (Fsp3) is 0.941. The zero-order chi connectivity index (χ0) is 14.1. The molecule has 20 heavy (non-hydrogen) atoms. The second-order valence-electron chi connectivity index (χ2n) is 7.48. The van der Waals surface area contributed by atoms with E-state index in [9.17, 15) is 4.79 Å². The molecule has 0 aromatic heterocycles. The first-order valence-corrected chi connectivity index (χ1v) is 8.54. The Kier molecular flexibility index (Phi) is 4.19. The van der Waals surface area contributed by atoms with Crippen LogP contribution in [-0.2, 0) is 9.53 Å². The molecule has 1 spiro atoms. The normalized spacial score (nSPS) is 31.8. The summed E-state index contributed by atoms with van der Waals surface area (Å²) in [5.74, 6) is 0.717. The van der Waals surface area contributed by atoms with Gasteiger partial charge in [0.2, 0.25) is 0 Å². The Bertz CT molecular complexity index is 345. The maximum atomic E-state index is 12.7. The van der Waals surface area contributed by atoms with E-state index in [4.69, 9.17) is 10.5 Å². The molecular weight excluding hydrogens is 250 g/mol. The molecular formula is C17H29NO2. The lowest BCUT2D eigenvalue weighted by Crippen LogP contribution is -2.45. The highest BCUT2D eigenvalue weighted by Crippen LogP contribution is 2.46. The molecule has 1 aliphatic heterocycles. The van der Waals surface area contributed by atoms with Crippen molar-refractivity contribution in [2.75, 3.05) is 13.2 Å². The van der Waals surface area contributed by atoms with Crippen molar-refractivity contribution in [3.05, 3.63) is 0 Å². The molecule has 1 atom stereocenters. The highest BCUT2D eigenvalue weighted by Gasteiger charge is 2.43. The van der Waals surface area contributed by atoms with Gasteiger partial charge in [-0.15, -0.1) is 0 Å². The van der Waals surface area contributed by atoms with Crippen LogP contribution in [-0.4, -0.2) is 24.5 Å². The third-order valence-electron chi connectivity index (χ3n) is 6.11. The summed E-state index contributed by atoms with van der Waals surface area (Å²) in [7, 11) is 0. The number of Topliss-reactive ketones (excluding diaryl/α,β-unsaturated/α-hetero) is 1. The highest BCUT2D eigenvalue weighted by molar-refractivity contribution is 5.82. The molecule has 1 heterocycles. The topological polar surface area (TPSA) is 52.3 Å². The summed E-state index contributed by atoms with van der Waals surface area (Å²) < 4.78 is 6.11. The molecule has 2 aliphatic carbocycles. The number of ether oxygens (including phenoxy) is 1. The van der Waals surface area contributed by atoms with Crippen LogP contribution in [0.25, 0.3) is 0 Å². The minimum absolute atomic E-state index is 0.0479. The number of hydrogen-bond acceptors (Lipinski definition) is 3. The number of nitrogens with two attached hydrogens (primary N) is 1. The van der Waals surface area contributed by atoms with Gasteiger partial charge in [0.15, 0.2) is 0 Å². The van der Waals surface area contributed by atoms with E-state index in [1.165, 1.54) is 38.5 Å². The van der Waals surface area contributed by atoms with Gasteiger partial charge in [0.25, 0.3) is 0 Å². The van der Waals surface area contributed by atoms with Gasteiger partial charge in [0, 0.05) is 18.9 Å². The summed E-state index contributed by atoms with van der Waals surface area (Å²) in [5, 5.41) is 0. The van der Waals surface area contributed by atoms with Crippen LogP contribution in [0.15, 0.2) is 0 Å². The van der Waals surface area contributed by atoms with E-state index in [2.05, 4.69) is 0 Å². The lowest BCUT2D eigenvalue weighted by Gasteiger charge is -2.45. The van der Waals surface area contributed by atoms with E-state index < -0.39 is 0 Å². The second kappa shape index (κ2) is 5.76. The van der Waals surface area contributed by atoms with Crippen LogP contribution in [0.2, 0.25) is 0 Å². The zero-order valence-corrected chi connectivity index (χ0v) is 12.7. The Labute approximate surface area is 122 Å². The van der Waals surface area contributed by atoms with Crippen LogP contribution < -0.4 is 5.73 Å². The maximum Gasteiger partial charge on any atom is 0.136 e. The Morgan fingerprint density at radius 2 is 1.85 bits per heavy atom. The number of hydrogen-bond donors (Lipinski definition) is 1. The van der Waals surface area contributed by atoms with Crippen LogP contribution in [0, 0.1) is 11.3 Å². The van der Waals surface area contributed by atoms with Gasteiger partial charge >= 0.3 is 0 Å². The summed E-state index contributed by atoms with van der Waals surface area (Å²) in [6.07, 6.45) is 12.4. The number of carbonyl (C=O) groups is 1. The average Bonchev–Trinajstić information content (AvgIpc) is 2.43. The van der Waals surface area contributed by atoms with Gasteiger partial charge in [-0.25, -0.2) is 0 Å². The molecule has 3 rings (SSSR count). The first-order chi connectivity index (χ1) is 9.67. The number of rotatable bonds is 4. The van der Waals surface area contributed by atoms with Crippen molar-refractivity contribution in [1.29, 1.82) is 0 Å². The van der Waals surface area contributed by atoms with Crippen molar-refractivity contribution in [3.8, 4) is 0 Å². The predicted molar refractivity (Wildman–Crippen MR) is 79.5 cm³/mol. The molecule has 2 saturated carbocycles. The molecule has 3 aliphatic rings. The minimum atomic E-state index is 0.0479. The summed E-state index contributed by atoms with van der Waals surface area (Å²) in [6, 6.07) is 0. The number of carbonyl (C=O) groups excluding carboxylic acids is 1. The summed E-state index contributed by atoms with van der Waals surface area (Å²) in [4.78, 5) is 12.7. The van der Waals surface area contributed by atoms with E-state index in [1.54, 1.807) is 0 Å². The summed E-state index contributed by atoms with van der Waals surface area (Å²) >= 11 is 0. The lowest BCUT2D eigenvalue weighted by molar-refractivity contribution is -0.145. The Morgan fingerprint density at radius 1 is 1.10 bits per heavy atom. The van der Waals surface area contributed by atoms with Gasteiger partial charge in [-0.05, 0) is 50.5 Å². The third-order valence-corrected chi connectivity index (χ3v) is 6.11. The Morgan fingerprint density at radius 3 is 2.45 bits per heavy atom. The largest absolute Gasteiger partial charge is 0.375 e. The van der Waals surface area contributed by atoms with Crippen molar-refractivity contribution >= 4 is 5.78 Å². The van der Waals surface area contributed by atoms with Gasteiger partial charge < -0.3 is 10.5 Å². The van der Waals surface area contributed by atoms with E-state index in [1.807, 2.05) is 0 Å². The fourth-order valence-electron chi connectivity index (χ4n) is 4.49. The Balaban J connectivity index is 1.60. The first kappa shape index (κ1) is 14.5. The highest BCUT2D eigenvalue weighted by atomic mass is 16.5. The molecule has 0 amide bonds. The van der Waals surface area contributed by atoms with Gasteiger partial charge in [-0.3, -0.25) is 4.79 Å². The number of ketones is 1. The SMILES string of the molecule is NCC1(CC(=O)C2CCOC3(CCCCC3)C2)CCC1. The average molecular weight is 279 g/mol. The molecule has 0 bridgehead atoms. The standard InChI is InChI=1S/C17H29NO2/c18-13-16(6-4-7-16)12-15(19)14-5-10-20-17(11-14)8-2-1-3-9-17/h14H,1-13,18H2. The molecule has 114 valence electrons. The third kappa shape index (κ3) is 2.80. The second-order valence-corrected chi connectivity index (χ2v) is 7.48. The van der Waals surface area contributed by atoms with Crippen LogP contribution in [0.3, 0.4) is 0 Å². The van der Waals surface area contributed by atoms with Gasteiger partial charge in [0.1, 0.15) is 5.78 Å². The van der Waals surface area contributed by atoms with Gasteiger partial charge in [-0.1, -0.05) is 25.7 Å². The van der Waals surface area contributed by atoms with Crippen LogP contribution in [0.4, 0.5) is 0 Å². The molecule has 0 aromatic carbocycles. The van der Waals surface area contributed by atoms with Gasteiger partial charge in [0.05, 0.1) is 5.60 Å². The summed E-state index contributed by atoms with van der Waals surface area (Å²) in [6.45, 7) is 1.47. The smallest absolute Gasteiger partial charge is 0.136 e. The zero-order valence-electron chi connectivity index (χ0n) is 12.7. The lowest BCUT2D eigenvalue weighted by atomic mass is 9.64. The molecule has 2 N–H and O–H groups in total. The molecule has 3 nitrogen and oxygen atoms in total. The van der Waals surface area contributed by atoms with Crippen molar-refractivity contribution < 1.29 is 9.53 Å². The maximum absolute atomic E-state index is 12.7. The van der Waals surface area contributed by atoms with Crippen LogP contribution in [0.5, 0.6) is 0 Å². The predicted octanol–water partition coefficient (Wildman–Crippen LogP) is 3.20. The van der Waals surface area contributed by atoms with E-state index in [0.717, 1.165) is 38.7 Å². The van der Waals surface area contributed by atoms with Gasteiger partial charge in [-0.2, -0.15) is 0 Å².